The lowest BCUT2D eigenvalue weighted by Crippen LogP contribution is -2.17. The van der Waals surface area contributed by atoms with E-state index < -0.39 is 4.92 Å². The topological polar surface area (TPSA) is 93.8 Å². The van der Waals surface area contributed by atoms with E-state index in [1.807, 2.05) is 24.3 Å². The number of nitro benzene ring substituents is 1. The fourth-order valence-electron chi connectivity index (χ4n) is 2.88. The Balaban J connectivity index is 1.51. The van der Waals surface area contributed by atoms with Gasteiger partial charge >= 0.3 is 0 Å². The molecule has 0 fully saturated rings. The van der Waals surface area contributed by atoms with E-state index in [0.29, 0.717) is 17.7 Å². The molecule has 0 unspecified atom stereocenters. The Morgan fingerprint density at radius 3 is 2.19 bits per heavy atom. The summed E-state index contributed by atoms with van der Waals surface area (Å²) in [5.74, 6) is 0.439. The van der Waals surface area contributed by atoms with Gasteiger partial charge in [0.25, 0.3) is 11.6 Å². The van der Waals surface area contributed by atoms with Gasteiger partial charge < -0.3 is 4.74 Å². The van der Waals surface area contributed by atoms with Gasteiger partial charge in [-0.2, -0.15) is 5.10 Å². The summed E-state index contributed by atoms with van der Waals surface area (Å²) in [4.78, 5) is 22.4. The molecule has 1 amide bonds. The lowest BCUT2D eigenvalue weighted by molar-refractivity contribution is -0.384. The molecule has 0 saturated carbocycles. The zero-order valence-corrected chi connectivity index (χ0v) is 18.2. The minimum absolute atomic E-state index is 0.00261. The van der Waals surface area contributed by atoms with Gasteiger partial charge in [-0.25, -0.2) is 5.43 Å². The number of hydrogen-bond donors (Lipinski definition) is 1. The van der Waals surface area contributed by atoms with Gasteiger partial charge in [0.15, 0.2) is 0 Å². The third-order valence-electron chi connectivity index (χ3n) is 4.83. The number of rotatable bonds is 7. The molecule has 0 aliphatic heterocycles. The highest BCUT2D eigenvalue weighted by Gasteiger charge is 2.13. The molecule has 3 aromatic rings. The Morgan fingerprint density at radius 1 is 1.00 bits per heavy atom. The number of amides is 1. The third-order valence-corrected chi connectivity index (χ3v) is 4.83. The summed E-state index contributed by atoms with van der Waals surface area (Å²) in [6.45, 7) is 6.90. The number of non-ortho nitro benzene ring substituents is 1. The Bertz CT molecular complexity index is 1100. The molecule has 1 N–H and O–H groups in total. The van der Waals surface area contributed by atoms with E-state index in [-0.39, 0.29) is 17.0 Å². The van der Waals surface area contributed by atoms with Gasteiger partial charge in [-0.1, -0.05) is 45.0 Å². The average Bonchev–Trinajstić information content (AvgIpc) is 2.78. The average molecular weight is 431 g/mol. The van der Waals surface area contributed by atoms with Crippen molar-refractivity contribution in [3.63, 3.8) is 0 Å². The van der Waals surface area contributed by atoms with Gasteiger partial charge in [0.2, 0.25) is 0 Å². The van der Waals surface area contributed by atoms with Crippen LogP contribution in [0, 0.1) is 10.1 Å². The monoisotopic (exact) mass is 431 g/mol. The predicted molar refractivity (Wildman–Crippen MR) is 124 cm³/mol. The Kier molecular flexibility index (Phi) is 7.00. The summed E-state index contributed by atoms with van der Waals surface area (Å²) in [7, 11) is 0. The van der Waals surface area contributed by atoms with Crippen molar-refractivity contribution in [2.75, 3.05) is 0 Å². The molecule has 0 aromatic heterocycles. The highest BCUT2D eigenvalue weighted by Crippen LogP contribution is 2.24. The lowest BCUT2D eigenvalue weighted by Gasteiger charge is -2.19. The van der Waals surface area contributed by atoms with Crippen LogP contribution in [0.3, 0.4) is 0 Å². The molecule has 3 aromatic carbocycles. The first-order valence-electron chi connectivity index (χ1n) is 10.1. The van der Waals surface area contributed by atoms with Crippen LogP contribution >= 0.6 is 0 Å². The van der Waals surface area contributed by atoms with Crippen LogP contribution < -0.4 is 10.2 Å². The minimum Gasteiger partial charge on any atom is -0.489 e. The second-order valence-electron chi connectivity index (χ2n) is 8.31. The fourth-order valence-corrected chi connectivity index (χ4v) is 2.88. The molecule has 32 heavy (non-hydrogen) atoms. The minimum atomic E-state index is -0.472. The maximum absolute atomic E-state index is 12.2. The molecular formula is C25H25N3O4. The maximum Gasteiger partial charge on any atom is 0.271 e. The molecule has 164 valence electrons. The van der Waals surface area contributed by atoms with Crippen LogP contribution in [0.2, 0.25) is 0 Å². The number of carbonyl (C=O) groups excluding carboxylic acids is 1. The van der Waals surface area contributed by atoms with Crippen molar-refractivity contribution in [3.8, 4) is 5.75 Å². The fraction of sp³-hybridized carbons (Fsp3) is 0.200. The van der Waals surface area contributed by atoms with Crippen LogP contribution in [0.1, 0.15) is 47.8 Å². The normalized spacial score (nSPS) is 11.3. The molecule has 0 bridgehead atoms. The smallest absolute Gasteiger partial charge is 0.271 e. The molecule has 0 heterocycles. The number of nitrogens with one attached hydrogen (secondary N) is 1. The maximum atomic E-state index is 12.2. The number of benzene rings is 3. The van der Waals surface area contributed by atoms with Crippen LogP contribution in [0.15, 0.2) is 77.9 Å². The Morgan fingerprint density at radius 2 is 1.62 bits per heavy atom. The summed E-state index contributed by atoms with van der Waals surface area (Å²) >= 11 is 0. The van der Waals surface area contributed by atoms with E-state index in [1.54, 1.807) is 24.3 Å². The number of nitro groups is 1. The molecular weight excluding hydrogens is 406 g/mol. The third kappa shape index (κ3) is 6.25. The van der Waals surface area contributed by atoms with E-state index >= 15 is 0 Å². The van der Waals surface area contributed by atoms with Crippen molar-refractivity contribution in [1.29, 1.82) is 0 Å². The van der Waals surface area contributed by atoms with Crippen LogP contribution in [-0.4, -0.2) is 17.0 Å². The van der Waals surface area contributed by atoms with Gasteiger partial charge in [0.05, 0.1) is 11.1 Å². The quantitative estimate of drug-likeness (QED) is 0.315. The summed E-state index contributed by atoms with van der Waals surface area (Å²) in [5, 5.41) is 14.6. The van der Waals surface area contributed by atoms with Gasteiger partial charge in [0, 0.05) is 17.7 Å². The second kappa shape index (κ2) is 9.87. The standard InChI is InChI=1S/C25H25N3O4/c1-25(2,3)21-10-14-23(15-11-21)32-17-19-4-8-20(9-5-19)24(29)27-26-16-18-6-12-22(13-7-18)28(30)31/h4-16H,17H2,1-3H3,(H,27,29)/b26-16-. The van der Waals surface area contributed by atoms with E-state index in [1.165, 1.54) is 23.9 Å². The van der Waals surface area contributed by atoms with E-state index in [9.17, 15) is 14.9 Å². The summed E-state index contributed by atoms with van der Waals surface area (Å²) in [6.07, 6.45) is 1.43. The Labute approximate surface area is 186 Å². The zero-order valence-electron chi connectivity index (χ0n) is 18.2. The number of carbonyl (C=O) groups is 1. The van der Waals surface area contributed by atoms with Crippen LogP contribution in [0.4, 0.5) is 5.69 Å². The van der Waals surface area contributed by atoms with Crippen molar-refractivity contribution in [2.45, 2.75) is 32.8 Å². The van der Waals surface area contributed by atoms with E-state index in [2.05, 4.69) is 43.4 Å². The lowest BCUT2D eigenvalue weighted by atomic mass is 9.87. The number of nitrogens with zero attached hydrogens (tertiary/aromatic N) is 2. The van der Waals surface area contributed by atoms with Crippen LogP contribution in [0.25, 0.3) is 0 Å². The van der Waals surface area contributed by atoms with E-state index in [4.69, 9.17) is 4.74 Å². The van der Waals surface area contributed by atoms with Crippen LogP contribution in [-0.2, 0) is 12.0 Å². The first-order valence-corrected chi connectivity index (χ1v) is 10.1. The van der Waals surface area contributed by atoms with Crippen molar-refractivity contribution in [2.24, 2.45) is 5.10 Å². The molecule has 7 nitrogen and oxygen atoms in total. The number of ether oxygens (including phenoxy) is 1. The molecule has 0 aliphatic carbocycles. The molecule has 0 saturated heterocycles. The SMILES string of the molecule is CC(C)(C)c1ccc(OCc2ccc(C(=O)N/N=C\c3ccc([N+](=O)[O-])cc3)cc2)cc1. The molecule has 7 heteroatoms. The highest BCUT2D eigenvalue weighted by molar-refractivity contribution is 5.94. The van der Waals surface area contributed by atoms with Gasteiger partial charge in [-0.15, -0.1) is 0 Å². The molecule has 0 spiro atoms. The van der Waals surface area contributed by atoms with Crippen LogP contribution in [0.5, 0.6) is 5.75 Å². The second-order valence-corrected chi connectivity index (χ2v) is 8.31. The molecule has 0 aliphatic rings. The van der Waals surface area contributed by atoms with Gasteiger partial charge in [-0.3, -0.25) is 14.9 Å². The molecule has 3 rings (SSSR count). The first-order chi connectivity index (χ1) is 15.2. The predicted octanol–water partition coefficient (Wildman–Crippen LogP) is 5.24. The number of hydrazone groups is 1. The summed E-state index contributed by atoms with van der Waals surface area (Å²) < 4.78 is 5.83. The van der Waals surface area contributed by atoms with Gasteiger partial charge in [-0.05, 0) is 58.5 Å². The van der Waals surface area contributed by atoms with Crippen molar-refractivity contribution >= 4 is 17.8 Å². The summed E-state index contributed by atoms with van der Waals surface area (Å²) in [5.41, 5.74) is 5.83. The largest absolute Gasteiger partial charge is 0.489 e. The van der Waals surface area contributed by atoms with Crippen molar-refractivity contribution < 1.29 is 14.5 Å². The van der Waals surface area contributed by atoms with Crippen molar-refractivity contribution in [3.05, 3.63) is 105 Å². The van der Waals surface area contributed by atoms with Gasteiger partial charge in [0.1, 0.15) is 12.4 Å². The highest BCUT2D eigenvalue weighted by atomic mass is 16.6. The van der Waals surface area contributed by atoms with Crippen molar-refractivity contribution in [1.82, 2.24) is 5.43 Å². The Hall–Kier alpha value is -4.00. The summed E-state index contributed by atoms with van der Waals surface area (Å²) in [6, 6.07) is 21.0. The first kappa shape index (κ1) is 22.7. The van der Waals surface area contributed by atoms with E-state index in [0.717, 1.165) is 11.3 Å². The zero-order chi connectivity index (χ0) is 23.1. The molecule has 0 radical (unpaired) electrons. The number of hydrogen-bond acceptors (Lipinski definition) is 5. The molecule has 0 atom stereocenters.